The van der Waals surface area contributed by atoms with Gasteiger partial charge < -0.3 is 10.1 Å². The van der Waals surface area contributed by atoms with E-state index in [0.29, 0.717) is 29.4 Å². The van der Waals surface area contributed by atoms with E-state index in [2.05, 4.69) is 10.3 Å². The summed E-state index contributed by atoms with van der Waals surface area (Å²) in [6.07, 6.45) is 0. The third-order valence-electron chi connectivity index (χ3n) is 4.82. The van der Waals surface area contributed by atoms with Gasteiger partial charge in [-0.15, -0.1) is 11.3 Å². The van der Waals surface area contributed by atoms with Gasteiger partial charge in [-0.25, -0.2) is 4.98 Å². The number of carbonyl (C=O) groups is 2. The fraction of sp³-hybridized carbons (Fsp3) is 0.292. The van der Waals surface area contributed by atoms with E-state index in [1.165, 1.54) is 11.3 Å². The summed E-state index contributed by atoms with van der Waals surface area (Å²) in [5, 5.41) is 3.71. The molecule has 1 N–H and O–H groups in total. The maximum Gasteiger partial charge on any atom is 0.271 e. The fourth-order valence-electron chi connectivity index (χ4n) is 3.43. The van der Waals surface area contributed by atoms with Gasteiger partial charge in [-0.3, -0.25) is 14.5 Å². The maximum atomic E-state index is 13.8. The first-order chi connectivity index (χ1) is 14.9. The highest BCUT2D eigenvalue weighted by Crippen LogP contribution is 2.32. The number of hydrogen-bond acceptors (Lipinski definition) is 5. The molecule has 0 bridgehead atoms. The Morgan fingerprint density at radius 3 is 2.45 bits per heavy atom. The summed E-state index contributed by atoms with van der Waals surface area (Å²) in [5.74, 6) is -0.513. The highest BCUT2D eigenvalue weighted by atomic mass is 32.1. The molecule has 1 unspecified atom stereocenters. The van der Waals surface area contributed by atoms with Crippen LogP contribution in [0.25, 0.3) is 0 Å². The Morgan fingerprint density at radius 1 is 1.10 bits per heavy atom. The molecular formula is C24H27N3O3S. The SMILES string of the molecule is COCCNC(=O)C(c1ccccc1)N(C(=O)c1sc(C)nc1C)c1cccc(C)c1. The van der Waals surface area contributed by atoms with Crippen LogP contribution in [0.15, 0.2) is 54.6 Å². The summed E-state index contributed by atoms with van der Waals surface area (Å²) in [4.78, 5) is 33.7. The first kappa shape index (κ1) is 22.7. The van der Waals surface area contributed by atoms with Crippen LogP contribution >= 0.6 is 11.3 Å². The maximum absolute atomic E-state index is 13.8. The second-order valence-electron chi connectivity index (χ2n) is 7.26. The highest BCUT2D eigenvalue weighted by molar-refractivity contribution is 7.13. The molecule has 162 valence electrons. The number of nitrogens with zero attached hydrogens (tertiary/aromatic N) is 2. The van der Waals surface area contributed by atoms with E-state index in [-0.39, 0.29) is 11.8 Å². The predicted molar refractivity (Wildman–Crippen MR) is 124 cm³/mol. The molecule has 1 heterocycles. The van der Waals surface area contributed by atoms with Crippen molar-refractivity contribution in [2.24, 2.45) is 0 Å². The summed E-state index contributed by atoms with van der Waals surface area (Å²) < 4.78 is 5.07. The van der Waals surface area contributed by atoms with E-state index < -0.39 is 6.04 Å². The molecule has 0 spiro atoms. The Labute approximate surface area is 186 Å². The van der Waals surface area contributed by atoms with Crippen LogP contribution in [0.5, 0.6) is 0 Å². The number of benzene rings is 2. The molecule has 7 heteroatoms. The minimum atomic E-state index is -0.839. The summed E-state index contributed by atoms with van der Waals surface area (Å²) in [7, 11) is 1.58. The van der Waals surface area contributed by atoms with Crippen LogP contribution in [0.3, 0.4) is 0 Å². The first-order valence-electron chi connectivity index (χ1n) is 10.1. The van der Waals surface area contributed by atoms with Crippen molar-refractivity contribution in [2.75, 3.05) is 25.2 Å². The van der Waals surface area contributed by atoms with E-state index >= 15 is 0 Å². The molecule has 0 aliphatic carbocycles. The highest BCUT2D eigenvalue weighted by Gasteiger charge is 2.34. The van der Waals surface area contributed by atoms with Gasteiger partial charge in [0.25, 0.3) is 5.91 Å². The average Bonchev–Trinajstić information content (AvgIpc) is 3.10. The minimum absolute atomic E-state index is 0.246. The average molecular weight is 438 g/mol. The van der Waals surface area contributed by atoms with Gasteiger partial charge in [0.05, 0.1) is 17.3 Å². The van der Waals surface area contributed by atoms with Crippen molar-refractivity contribution in [3.63, 3.8) is 0 Å². The Bertz CT molecular complexity index is 1050. The zero-order chi connectivity index (χ0) is 22.4. The molecule has 0 aliphatic rings. The summed E-state index contributed by atoms with van der Waals surface area (Å²) in [5.41, 5.74) is 3.05. The van der Waals surface area contributed by atoms with Crippen LogP contribution in [0.2, 0.25) is 0 Å². The van der Waals surface area contributed by atoms with E-state index in [1.54, 1.807) is 12.0 Å². The largest absolute Gasteiger partial charge is 0.383 e. The van der Waals surface area contributed by atoms with Crippen LogP contribution in [0, 0.1) is 20.8 Å². The molecule has 3 aromatic rings. The Balaban J connectivity index is 2.14. The van der Waals surface area contributed by atoms with Gasteiger partial charge in [-0.1, -0.05) is 42.5 Å². The van der Waals surface area contributed by atoms with Gasteiger partial charge in [0.1, 0.15) is 10.9 Å². The number of aromatic nitrogens is 1. The molecule has 1 atom stereocenters. The lowest BCUT2D eigenvalue weighted by molar-refractivity contribution is -0.122. The molecule has 0 fully saturated rings. The van der Waals surface area contributed by atoms with Gasteiger partial charge in [0.15, 0.2) is 0 Å². The number of methoxy groups -OCH3 is 1. The number of carbonyl (C=O) groups excluding carboxylic acids is 2. The number of nitrogens with one attached hydrogen (secondary N) is 1. The van der Waals surface area contributed by atoms with Crippen LogP contribution in [-0.4, -0.2) is 37.1 Å². The summed E-state index contributed by atoms with van der Waals surface area (Å²) in [6, 6.07) is 16.1. The van der Waals surface area contributed by atoms with Crippen molar-refractivity contribution >= 4 is 28.8 Å². The fourth-order valence-corrected chi connectivity index (χ4v) is 4.28. The molecule has 3 rings (SSSR count). The van der Waals surface area contributed by atoms with Gasteiger partial charge in [0.2, 0.25) is 5.91 Å². The zero-order valence-electron chi connectivity index (χ0n) is 18.2. The number of rotatable bonds is 8. The van der Waals surface area contributed by atoms with E-state index in [4.69, 9.17) is 4.74 Å². The third-order valence-corrected chi connectivity index (χ3v) is 5.88. The normalized spacial score (nSPS) is 11.7. The van der Waals surface area contributed by atoms with E-state index in [9.17, 15) is 9.59 Å². The lowest BCUT2D eigenvalue weighted by Crippen LogP contribution is -2.44. The molecule has 0 aliphatic heterocycles. The van der Waals surface area contributed by atoms with Crippen LogP contribution in [-0.2, 0) is 9.53 Å². The molecule has 1 aromatic heterocycles. The number of amides is 2. The molecule has 31 heavy (non-hydrogen) atoms. The molecule has 0 saturated heterocycles. The number of aryl methyl sites for hydroxylation is 3. The van der Waals surface area contributed by atoms with Crippen molar-refractivity contribution in [3.05, 3.63) is 81.3 Å². The smallest absolute Gasteiger partial charge is 0.271 e. The quantitative estimate of drug-likeness (QED) is 0.536. The van der Waals surface area contributed by atoms with Crippen LogP contribution < -0.4 is 10.2 Å². The molecule has 6 nitrogen and oxygen atoms in total. The second kappa shape index (κ2) is 10.3. The van der Waals surface area contributed by atoms with Crippen LogP contribution in [0.1, 0.15) is 37.5 Å². The van der Waals surface area contributed by atoms with E-state index in [0.717, 1.165) is 16.1 Å². The number of anilines is 1. The van der Waals surface area contributed by atoms with Crippen molar-refractivity contribution in [2.45, 2.75) is 26.8 Å². The molecule has 0 saturated carbocycles. The van der Waals surface area contributed by atoms with Gasteiger partial charge in [0, 0.05) is 19.3 Å². The zero-order valence-corrected chi connectivity index (χ0v) is 19.0. The molecule has 0 radical (unpaired) electrons. The number of thiazole rings is 1. The number of ether oxygens (including phenoxy) is 1. The van der Waals surface area contributed by atoms with Gasteiger partial charge >= 0.3 is 0 Å². The van der Waals surface area contributed by atoms with Crippen molar-refractivity contribution in [3.8, 4) is 0 Å². The summed E-state index contributed by atoms with van der Waals surface area (Å²) in [6.45, 7) is 6.40. The lowest BCUT2D eigenvalue weighted by Gasteiger charge is -2.31. The Kier molecular flexibility index (Phi) is 7.55. The predicted octanol–water partition coefficient (Wildman–Crippen LogP) is 4.22. The third kappa shape index (κ3) is 5.37. The topological polar surface area (TPSA) is 71.5 Å². The molecular weight excluding hydrogens is 410 g/mol. The molecule has 2 aromatic carbocycles. The molecule has 2 amide bonds. The monoisotopic (exact) mass is 437 g/mol. The Hall–Kier alpha value is -3.03. The minimum Gasteiger partial charge on any atom is -0.383 e. The summed E-state index contributed by atoms with van der Waals surface area (Å²) >= 11 is 1.34. The second-order valence-corrected chi connectivity index (χ2v) is 8.46. The van der Waals surface area contributed by atoms with Crippen molar-refractivity contribution in [1.82, 2.24) is 10.3 Å². The Morgan fingerprint density at radius 2 is 1.84 bits per heavy atom. The number of hydrogen-bond donors (Lipinski definition) is 1. The standard InChI is InChI=1S/C24H27N3O3S/c1-16-9-8-12-20(15-16)27(24(29)22-17(2)26-18(3)31-22)21(19-10-6-5-7-11-19)23(28)25-13-14-30-4/h5-12,15,21H,13-14H2,1-4H3,(H,25,28). The lowest BCUT2D eigenvalue weighted by atomic mass is 10.0. The van der Waals surface area contributed by atoms with E-state index in [1.807, 2.05) is 75.4 Å². The first-order valence-corrected chi connectivity index (χ1v) is 10.9. The van der Waals surface area contributed by atoms with Crippen molar-refractivity contribution in [1.29, 1.82) is 0 Å². The van der Waals surface area contributed by atoms with Gasteiger partial charge in [-0.2, -0.15) is 0 Å². The van der Waals surface area contributed by atoms with Crippen molar-refractivity contribution < 1.29 is 14.3 Å². The van der Waals surface area contributed by atoms with Crippen LogP contribution in [0.4, 0.5) is 5.69 Å². The van der Waals surface area contributed by atoms with Gasteiger partial charge in [-0.05, 0) is 44.0 Å².